The highest BCUT2D eigenvalue weighted by Gasteiger charge is 2.14. The number of rotatable bonds is 5. The van der Waals surface area contributed by atoms with Crippen LogP contribution in [-0.2, 0) is 0 Å². The van der Waals surface area contributed by atoms with Gasteiger partial charge in [-0.05, 0) is 60.7 Å². The monoisotopic (exact) mass is 479 g/mol. The summed E-state index contributed by atoms with van der Waals surface area (Å²) in [7, 11) is 0. The molecule has 1 aromatic heterocycles. The summed E-state index contributed by atoms with van der Waals surface area (Å²) in [5, 5.41) is 5.46. The molecule has 4 aromatic carbocycles. The molecule has 0 amide bonds. The van der Waals surface area contributed by atoms with E-state index in [-0.39, 0.29) is 5.56 Å². The predicted octanol–water partition coefficient (Wildman–Crippen LogP) is 5.82. The van der Waals surface area contributed by atoms with Crippen LogP contribution in [0.1, 0.15) is 15.9 Å². The highest BCUT2D eigenvalue weighted by Crippen LogP contribution is 2.22. The van der Waals surface area contributed by atoms with E-state index in [1.54, 1.807) is 91.0 Å². The fraction of sp³-hybridized carbons (Fsp3) is 0. The van der Waals surface area contributed by atoms with Crippen molar-refractivity contribution in [2.75, 3.05) is 0 Å². The number of carbonyl (C=O) groups is 1. The maximum absolute atomic E-state index is 13.4. The second-order valence-electron chi connectivity index (χ2n) is 7.61. The molecule has 0 aliphatic carbocycles. The molecule has 0 saturated heterocycles. The molecule has 7 heteroatoms. The van der Waals surface area contributed by atoms with E-state index in [2.05, 4.69) is 10.1 Å². The summed E-state index contributed by atoms with van der Waals surface area (Å²) >= 11 is 6.05. The maximum Gasteiger partial charge on any atom is 0.343 e. The van der Waals surface area contributed by atoms with Gasteiger partial charge >= 0.3 is 5.97 Å². The number of aromatic nitrogens is 2. The van der Waals surface area contributed by atoms with Gasteiger partial charge in [-0.15, -0.1) is 0 Å². The lowest BCUT2D eigenvalue weighted by Gasteiger charge is -2.10. The van der Waals surface area contributed by atoms with Crippen molar-refractivity contribution in [3.05, 3.63) is 130 Å². The normalized spacial score (nSPS) is 11.1. The zero-order valence-electron chi connectivity index (χ0n) is 18.3. The summed E-state index contributed by atoms with van der Waals surface area (Å²) < 4.78 is 6.84. The lowest BCUT2D eigenvalue weighted by atomic mass is 10.2. The first kappa shape index (κ1) is 22.3. The Kier molecular flexibility index (Phi) is 6.20. The molecular formula is C28H18ClN3O3. The Morgan fingerprint density at radius 1 is 0.857 bits per heavy atom. The van der Waals surface area contributed by atoms with Crippen molar-refractivity contribution >= 4 is 34.7 Å². The van der Waals surface area contributed by atoms with Crippen molar-refractivity contribution < 1.29 is 9.53 Å². The zero-order chi connectivity index (χ0) is 24.2. The van der Waals surface area contributed by atoms with Crippen molar-refractivity contribution in [2.45, 2.75) is 0 Å². The van der Waals surface area contributed by atoms with E-state index in [9.17, 15) is 9.59 Å². The number of halogens is 1. The van der Waals surface area contributed by atoms with Gasteiger partial charge in [-0.1, -0.05) is 54.1 Å². The molecule has 0 unspecified atom stereocenters. The van der Waals surface area contributed by atoms with Gasteiger partial charge in [-0.2, -0.15) is 9.78 Å². The van der Waals surface area contributed by atoms with Crippen LogP contribution in [-0.4, -0.2) is 21.8 Å². The van der Waals surface area contributed by atoms with Crippen molar-refractivity contribution in [2.24, 2.45) is 5.10 Å². The van der Waals surface area contributed by atoms with Crippen LogP contribution in [0.5, 0.6) is 5.75 Å². The summed E-state index contributed by atoms with van der Waals surface area (Å²) in [6.07, 6.45) is 1.48. The molecule has 0 radical (unpaired) electrons. The van der Waals surface area contributed by atoms with Crippen molar-refractivity contribution in [3.63, 3.8) is 0 Å². The molecule has 0 aliphatic rings. The number of hydrogen-bond donors (Lipinski definition) is 0. The van der Waals surface area contributed by atoms with Crippen LogP contribution < -0.4 is 10.3 Å². The van der Waals surface area contributed by atoms with Gasteiger partial charge in [0.05, 0.1) is 22.7 Å². The first-order valence-corrected chi connectivity index (χ1v) is 11.2. The molecule has 5 rings (SSSR count). The standard InChI is InChI=1S/C28H18ClN3O3/c29-22-16-14-19(15-17-22)26-31-24-12-6-5-11-23(24)27(33)32(26)30-18-21-10-4-7-13-25(21)35-28(34)20-8-2-1-3-9-20/h1-18H. The summed E-state index contributed by atoms with van der Waals surface area (Å²) in [4.78, 5) is 30.6. The Balaban J connectivity index is 1.58. The summed E-state index contributed by atoms with van der Waals surface area (Å²) in [6, 6.07) is 29.8. The molecule has 0 N–H and O–H groups in total. The summed E-state index contributed by atoms with van der Waals surface area (Å²) in [5.41, 5.74) is 1.87. The quantitative estimate of drug-likeness (QED) is 0.181. The van der Waals surface area contributed by atoms with E-state index >= 15 is 0 Å². The Labute approximate surface area is 205 Å². The number of esters is 1. The zero-order valence-corrected chi connectivity index (χ0v) is 19.1. The predicted molar refractivity (Wildman–Crippen MR) is 137 cm³/mol. The number of ether oxygens (including phenoxy) is 1. The fourth-order valence-corrected chi connectivity index (χ4v) is 3.68. The van der Waals surface area contributed by atoms with Gasteiger partial charge in [-0.25, -0.2) is 9.78 Å². The molecule has 1 heterocycles. The molecule has 6 nitrogen and oxygen atoms in total. The largest absolute Gasteiger partial charge is 0.422 e. The topological polar surface area (TPSA) is 73.5 Å². The highest BCUT2D eigenvalue weighted by molar-refractivity contribution is 6.30. The minimum Gasteiger partial charge on any atom is -0.422 e. The van der Waals surface area contributed by atoms with E-state index in [1.807, 2.05) is 12.1 Å². The third-order valence-electron chi connectivity index (χ3n) is 5.30. The minimum atomic E-state index is -0.488. The second-order valence-corrected chi connectivity index (χ2v) is 8.05. The van der Waals surface area contributed by atoms with Gasteiger partial charge < -0.3 is 4.74 Å². The van der Waals surface area contributed by atoms with Crippen molar-refractivity contribution in [3.8, 4) is 17.1 Å². The average molecular weight is 480 g/mol. The third kappa shape index (κ3) is 4.74. The average Bonchev–Trinajstić information content (AvgIpc) is 2.90. The van der Waals surface area contributed by atoms with Gasteiger partial charge in [0.25, 0.3) is 5.56 Å². The number of carbonyl (C=O) groups excluding carboxylic acids is 1. The van der Waals surface area contributed by atoms with Crippen LogP contribution in [0.15, 0.2) is 113 Å². The van der Waals surface area contributed by atoms with Crippen molar-refractivity contribution in [1.82, 2.24) is 9.66 Å². The first-order chi connectivity index (χ1) is 17.1. The van der Waals surface area contributed by atoms with Gasteiger partial charge in [0.15, 0.2) is 5.82 Å². The smallest absolute Gasteiger partial charge is 0.343 e. The van der Waals surface area contributed by atoms with E-state index in [4.69, 9.17) is 16.3 Å². The number of para-hydroxylation sites is 2. The number of benzene rings is 4. The van der Waals surface area contributed by atoms with Crippen molar-refractivity contribution in [1.29, 1.82) is 0 Å². The van der Waals surface area contributed by atoms with Gasteiger partial charge in [0, 0.05) is 16.1 Å². The van der Waals surface area contributed by atoms with Gasteiger partial charge in [-0.3, -0.25) is 4.79 Å². The van der Waals surface area contributed by atoms with E-state index < -0.39 is 5.97 Å². The molecule has 0 bridgehead atoms. The van der Waals surface area contributed by atoms with Crippen LogP contribution in [0.2, 0.25) is 5.02 Å². The van der Waals surface area contributed by atoms with Gasteiger partial charge in [0.1, 0.15) is 5.75 Å². The molecule has 0 fully saturated rings. The number of hydrogen-bond acceptors (Lipinski definition) is 5. The van der Waals surface area contributed by atoms with Crippen LogP contribution in [0.25, 0.3) is 22.3 Å². The van der Waals surface area contributed by atoms with E-state index in [0.717, 1.165) is 0 Å². The molecule has 5 aromatic rings. The summed E-state index contributed by atoms with van der Waals surface area (Å²) in [5.74, 6) is 0.193. The van der Waals surface area contributed by atoms with E-state index in [0.29, 0.717) is 44.2 Å². The Morgan fingerprint density at radius 3 is 2.34 bits per heavy atom. The Hall–Kier alpha value is -4.55. The Morgan fingerprint density at radius 2 is 1.54 bits per heavy atom. The van der Waals surface area contributed by atoms with Crippen LogP contribution in [0, 0.1) is 0 Å². The SMILES string of the molecule is O=C(Oc1ccccc1C=Nn1c(-c2ccc(Cl)cc2)nc2ccccc2c1=O)c1ccccc1. The molecule has 0 saturated carbocycles. The Bertz CT molecular complexity index is 1610. The first-order valence-electron chi connectivity index (χ1n) is 10.8. The summed E-state index contributed by atoms with van der Waals surface area (Å²) in [6.45, 7) is 0. The molecular weight excluding hydrogens is 462 g/mol. The maximum atomic E-state index is 13.4. The van der Waals surface area contributed by atoms with Crippen LogP contribution in [0.4, 0.5) is 0 Å². The highest BCUT2D eigenvalue weighted by atomic mass is 35.5. The van der Waals surface area contributed by atoms with E-state index in [1.165, 1.54) is 10.9 Å². The second kappa shape index (κ2) is 9.75. The molecule has 35 heavy (non-hydrogen) atoms. The lowest BCUT2D eigenvalue weighted by molar-refractivity contribution is 0.0734. The minimum absolute atomic E-state index is 0.319. The molecule has 170 valence electrons. The lowest BCUT2D eigenvalue weighted by Crippen LogP contribution is -2.20. The van der Waals surface area contributed by atoms with Gasteiger partial charge in [0.2, 0.25) is 0 Å². The number of fused-ring (bicyclic) bond motifs is 1. The van der Waals surface area contributed by atoms with Crippen LogP contribution >= 0.6 is 11.6 Å². The van der Waals surface area contributed by atoms with Crippen LogP contribution in [0.3, 0.4) is 0 Å². The third-order valence-corrected chi connectivity index (χ3v) is 5.55. The number of nitrogens with zero attached hydrogens (tertiary/aromatic N) is 3. The molecule has 0 atom stereocenters. The molecule has 0 spiro atoms. The fourth-order valence-electron chi connectivity index (χ4n) is 3.55. The molecule has 0 aliphatic heterocycles.